The first-order valence-corrected chi connectivity index (χ1v) is 8.45. The number of carbonyl (C=O) groups excluding carboxylic acids is 1. The molecule has 0 saturated heterocycles. The van der Waals surface area contributed by atoms with E-state index >= 15 is 0 Å². The van der Waals surface area contributed by atoms with Crippen LogP contribution in [0.4, 0.5) is 4.39 Å². The molecule has 0 radical (unpaired) electrons. The van der Waals surface area contributed by atoms with Crippen molar-refractivity contribution in [2.24, 2.45) is 0 Å². The van der Waals surface area contributed by atoms with Crippen molar-refractivity contribution < 1.29 is 27.5 Å². The number of carboxylic acids is 1. The number of carboxylic acid groups (broad SMARTS) is 1. The molecule has 1 aromatic rings. The van der Waals surface area contributed by atoms with Gasteiger partial charge in [-0.25, -0.2) is 12.8 Å². The van der Waals surface area contributed by atoms with Gasteiger partial charge in [-0.3, -0.25) is 9.59 Å². The Morgan fingerprint density at radius 1 is 1.30 bits per heavy atom. The minimum Gasteiger partial charge on any atom is -0.480 e. The van der Waals surface area contributed by atoms with E-state index < -0.39 is 33.6 Å². The van der Waals surface area contributed by atoms with E-state index in [0.717, 1.165) is 16.4 Å². The third-order valence-corrected chi connectivity index (χ3v) is 5.03. The van der Waals surface area contributed by atoms with Crippen LogP contribution in [0.2, 0.25) is 0 Å². The van der Waals surface area contributed by atoms with Crippen LogP contribution in [-0.2, 0) is 25.4 Å². The third kappa shape index (κ3) is 5.95. The Labute approximate surface area is 134 Å². The Bertz CT molecular complexity index is 660. The minimum absolute atomic E-state index is 0.00436. The van der Waals surface area contributed by atoms with Gasteiger partial charge in [0.25, 0.3) is 0 Å². The van der Waals surface area contributed by atoms with Gasteiger partial charge in [0.05, 0.1) is 5.75 Å². The second-order valence-electron chi connectivity index (χ2n) is 4.99. The van der Waals surface area contributed by atoms with Gasteiger partial charge in [0.1, 0.15) is 11.9 Å². The molecule has 23 heavy (non-hydrogen) atoms. The van der Waals surface area contributed by atoms with Crippen molar-refractivity contribution >= 4 is 21.9 Å². The molecule has 2 N–H and O–H groups in total. The highest BCUT2D eigenvalue weighted by molar-refractivity contribution is 7.88. The third-order valence-electron chi connectivity index (χ3n) is 3.12. The van der Waals surface area contributed by atoms with Crippen LogP contribution in [0.5, 0.6) is 0 Å². The van der Waals surface area contributed by atoms with E-state index in [-0.39, 0.29) is 19.0 Å². The number of hydrogen-bond acceptors (Lipinski definition) is 4. The highest BCUT2D eigenvalue weighted by Gasteiger charge is 2.31. The molecule has 1 unspecified atom stereocenters. The number of rotatable bonds is 8. The molecule has 9 heteroatoms. The molecule has 0 aliphatic heterocycles. The van der Waals surface area contributed by atoms with Crippen molar-refractivity contribution in [1.82, 2.24) is 9.62 Å². The molecular weight excluding hydrogens is 327 g/mol. The Morgan fingerprint density at radius 3 is 2.35 bits per heavy atom. The fourth-order valence-corrected chi connectivity index (χ4v) is 3.63. The topological polar surface area (TPSA) is 104 Å². The summed E-state index contributed by atoms with van der Waals surface area (Å²) in [7, 11) is -3.95. The van der Waals surface area contributed by atoms with Crippen LogP contribution in [0, 0.1) is 5.82 Å². The van der Waals surface area contributed by atoms with Crippen LogP contribution in [0.25, 0.3) is 0 Å². The van der Waals surface area contributed by atoms with Gasteiger partial charge in [0.15, 0.2) is 0 Å². The Balaban J connectivity index is 2.95. The summed E-state index contributed by atoms with van der Waals surface area (Å²) < 4.78 is 38.6. The van der Waals surface area contributed by atoms with Crippen molar-refractivity contribution in [1.29, 1.82) is 0 Å². The van der Waals surface area contributed by atoms with Crippen LogP contribution in [0.15, 0.2) is 24.3 Å². The number of amides is 1. The Kier molecular flexibility index (Phi) is 6.64. The van der Waals surface area contributed by atoms with Crippen molar-refractivity contribution in [2.75, 3.05) is 13.1 Å². The molecule has 0 aliphatic carbocycles. The number of sulfonamides is 1. The maximum Gasteiger partial charge on any atom is 0.321 e. The molecule has 0 aromatic heterocycles. The first kappa shape index (κ1) is 19.0. The average Bonchev–Trinajstić information content (AvgIpc) is 2.44. The summed E-state index contributed by atoms with van der Waals surface area (Å²) in [6.07, 6.45) is 0. The van der Waals surface area contributed by atoms with Crippen LogP contribution >= 0.6 is 0 Å². The number of halogens is 1. The van der Waals surface area contributed by atoms with E-state index in [1.165, 1.54) is 26.0 Å². The fourth-order valence-electron chi connectivity index (χ4n) is 1.91. The normalized spacial score (nSPS) is 12.9. The molecule has 0 bridgehead atoms. The zero-order valence-electron chi connectivity index (χ0n) is 12.8. The van der Waals surface area contributed by atoms with Gasteiger partial charge in [0, 0.05) is 20.0 Å². The lowest BCUT2D eigenvalue weighted by atomic mass is 10.2. The lowest BCUT2D eigenvalue weighted by Gasteiger charge is -2.25. The van der Waals surface area contributed by atoms with E-state index in [2.05, 4.69) is 5.32 Å². The van der Waals surface area contributed by atoms with E-state index in [1.54, 1.807) is 0 Å². The first-order chi connectivity index (χ1) is 10.6. The summed E-state index contributed by atoms with van der Waals surface area (Å²) in [6, 6.07) is 3.63. The second kappa shape index (κ2) is 8.02. The quantitative estimate of drug-likeness (QED) is 0.716. The van der Waals surface area contributed by atoms with Gasteiger partial charge in [-0.05, 0) is 24.6 Å². The van der Waals surface area contributed by atoms with Gasteiger partial charge >= 0.3 is 5.97 Å². The number of carbonyl (C=O) groups is 2. The highest BCUT2D eigenvalue weighted by Crippen LogP contribution is 2.14. The molecule has 0 spiro atoms. The summed E-state index contributed by atoms with van der Waals surface area (Å²) in [4.78, 5) is 22.0. The summed E-state index contributed by atoms with van der Waals surface area (Å²) in [5.41, 5.74) is 0.341. The van der Waals surface area contributed by atoms with Gasteiger partial charge in [-0.1, -0.05) is 12.1 Å². The van der Waals surface area contributed by atoms with E-state index in [0.29, 0.717) is 5.56 Å². The van der Waals surface area contributed by atoms with Crippen LogP contribution in [0.1, 0.15) is 19.4 Å². The molecule has 1 atom stereocenters. The smallest absolute Gasteiger partial charge is 0.321 e. The van der Waals surface area contributed by atoms with E-state index in [1.807, 2.05) is 0 Å². The summed E-state index contributed by atoms with van der Waals surface area (Å²) >= 11 is 0. The highest BCUT2D eigenvalue weighted by atomic mass is 32.2. The maximum absolute atomic E-state index is 12.9. The number of aliphatic carboxylic acids is 1. The van der Waals surface area contributed by atoms with E-state index in [9.17, 15) is 22.4 Å². The molecule has 0 heterocycles. The van der Waals surface area contributed by atoms with Crippen LogP contribution < -0.4 is 5.32 Å². The Morgan fingerprint density at radius 2 is 1.87 bits per heavy atom. The van der Waals surface area contributed by atoms with Crippen LogP contribution in [-0.4, -0.2) is 48.8 Å². The summed E-state index contributed by atoms with van der Waals surface area (Å²) in [6.45, 7) is 2.35. The predicted octanol–water partition coefficient (Wildman–Crippen LogP) is 0.567. The monoisotopic (exact) mass is 346 g/mol. The molecule has 1 amide bonds. The lowest BCUT2D eigenvalue weighted by Crippen LogP contribution is -2.47. The molecule has 1 aromatic carbocycles. The van der Waals surface area contributed by atoms with Crippen LogP contribution in [0.3, 0.4) is 0 Å². The van der Waals surface area contributed by atoms with Gasteiger partial charge in [-0.15, -0.1) is 0 Å². The maximum atomic E-state index is 12.9. The first-order valence-electron chi connectivity index (χ1n) is 6.84. The standard InChI is InChI=1S/C14H19FN2O5S/c1-10(14(19)20)17(8-7-16-11(2)18)23(21,22)9-12-3-5-13(15)6-4-12/h3-6,10H,7-9H2,1-2H3,(H,16,18)(H,19,20). The average molecular weight is 346 g/mol. The zero-order valence-corrected chi connectivity index (χ0v) is 13.6. The van der Waals surface area contributed by atoms with Crippen molar-refractivity contribution in [2.45, 2.75) is 25.6 Å². The molecular formula is C14H19FN2O5S. The van der Waals surface area contributed by atoms with Gasteiger partial charge in [-0.2, -0.15) is 4.31 Å². The zero-order chi connectivity index (χ0) is 17.6. The molecule has 0 aliphatic rings. The van der Waals surface area contributed by atoms with E-state index in [4.69, 9.17) is 5.11 Å². The number of benzene rings is 1. The fraction of sp³-hybridized carbons (Fsp3) is 0.429. The minimum atomic E-state index is -3.95. The largest absolute Gasteiger partial charge is 0.480 e. The number of nitrogens with zero attached hydrogens (tertiary/aromatic N) is 1. The number of nitrogens with one attached hydrogen (secondary N) is 1. The molecule has 7 nitrogen and oxygen atoms in total. The van der Waals surface area contributed by atoms with Gasteiger partial charge < -0.3 is 10.4 Å². The van der Waals surface area contributed by atoms with Crippen molar-refractivity contribution in [3.63, 3.8) is 0 Å². The van der Waals surface area contributed by atoms with Crippen molar-refractivity contribution in [3.05, 3.63) is 35.6 Å². The lowest BCUT2D eigenvalue weighted by molar-refractivity contribution is -0.140. The molecule has 0 fully saturated rings. The SMILES string of the molecule is CC(=O)NCCN(C(C)C(=O)O)S(=O)(=O)Cc1ccc(F)cc1. The summed E-state index contributed by atoms with van der Waals surface area (Å²) in [5.74, 6) is -2.59. The number of hydrogen-bond donors (Lipinski definition) is 2. The molecule has 128 valence electrons. The molecule has 1 rings (SSSR count). The Hall–Kier alpha value is -2.00. The summed E-state index contributed by atoms with van der Waals surface area (Å²) in [5, 5.41) is 11.5. The predicted molar refractivity (Wildman–Crippen MR) is 81.5 cm³/mol. The van der Waals surface area contributed by atoms with Crippen molar-refractivity contribution in [3.8, 4) is 0 Å². The van der Waals surface area contributed by atoms with Gasteiger partial charge in [0.2, 0.25) is 15.9 Å². The molecule has 0 saturated carbocycles. The second-order valence-corrected chi connectivity index (χ2v) is 6.91.